The minimum atomic E-state index is -0.372. The van der Waals surface area contributed by atoms with Gasteiger partial charge in [-0.2, -0.15) is 5.26 Å². The number of aryl methyl sites for hydroxylation is 1. The lowest BCUT2D eigenvalue weighted by molar-refractivity contribution is 0.103. The zero-order valence-electron chi connectivity index (χ0n) is 13.8. The van der Waals surface area contributed by atoms with E-state index >= 15 is 0 Å². The fourth-order valence-corrected chi connectivity index (χ4v) is 3.41. The van der Waals surface area contributed by atoms with Crippen molar-refractivity contribution in [3.8, 4) is 6.07 Å². The van der Waals surface area contributed by atoms with Crippen LogP contribution in [0.4, 0.5) is 22.1 Å². The summed E-state index contributed by atoms with van der Waals surface area (Å²) in [6.07, 6.45) is 0. The number of thiophene rings is 1. The van der Waals surface area contributed by atoms with Crippen LogP contribution in [-0.4, -0.2) is 5.91 Å². The molecule has 0 fully saturated rings. The van der Waals surface area contributed by atoms with Crippen LogP contribution in [-0.2, 0) is 0 Å². The molecule has 2 aromatic carbocycles. The summed E-state index contributed by atoms with van der Waals surface area (Å²) in [6, 6.07) is 16.5. The molecule has 130 valence electrons. The lowest BCUT2D eigenvalue weighted by Crippen LogP contribution is -2.12. The van der Waals surface area contributed by atoms with Crippen molar-refractivity contribution in [1.82, 2.24) is 0 Å². The number of nitrogens with zero attached hydrogens (tertiary/aromatic N) is 1. The molecule has 0 saturated carbocycles. The number of nitrogen functional groups attached to an aromatic ring is 1. The molecule has 26 heavy (non-hydrogen) atoms. The topological polar surface area (TPSA) is 90.9 Å². The third-order valence-corrected chi connectivity index (χ3v) is 5.05. The summed E-state index contributed by atoms with van der Waals surface area (Å²) >= 11 is 6.99. The normalized spacial score (nSPS) is 10.2. The first kappa shape index (κ1) is 17.8. The standard InChI is InChI=1S/C19H15ClN4OS/c1-11-2-6-14(7-3-11)24-19-15(10-21)16(22)17(26-19)18(25)23-13-8-4-12(20)5-9-13/h2-9,24H,22H2,1H3,(H,23,25). The van der Waals surface area contributed by atoms with E-state index in [1.807, 2.05) is 31.2 Å². The zero-order chi connectivity index (χ0) is 18.7. The van der Waals surface area contributed by atoms with Crippen molar-refractivity contribution in [2.45, 2.75) is 6.92 Å². The van der Waals surface area contributed by atoms with Crippen molar-refractivity contribution < 1.29 is 4.79 Å². The van der Waals surface area contributed by atoms with E-state index in [2.05, 4.69) is 16.7 Å². The van der Waals surface area contributed by atoms with Crippen LogP contribution in [0, 0.1) is 18.3 Å². The lowest BCUT2D eigenvalue weighted by Gasteiger charge is -2.04. The molecule has 3 rings (SSSR count). The Morgan fingerprint density at radius 3 is 2.35 bits per heavy atom. The molecule has 0 aliphatic carbocycles. The van der Waals surface area contributed by atoms with E-state index in [4.69, 9.17) is 17.3 Å². The fraction of sp³-hybridized carbons (Fsp3) is 0.0526. The van der Waals surface area contributed by atoms with Crippen LogP contribution in [0.2, 0.25) is 5.02 Å². The number of carbonyl (C=O) groups excluding carboxylic acids is 1. The van der Waals surface area contributed by atoms with Crippen molar-refractivity contribution in [2.24, 2.45) is 0 Å². The fourth-order valence-electron chi connectivity index (χ4n) is 2.30. The summed E-state index contributed by atoms with van der Waals surface area (Å²) in [5, 5.41) is 16.5. The maximum absolute atomic E-state index is 12.5. The van der Waals surface area contributed by atoms with Gasteiger partial charge in [0, 0.05) is 16.4 Å². The van der Waals surface area contributed by atoms with Crippen LogP contribution < -0.4 is 16.4 Å². The highest BCUT2D eigenvalue weighted by molar-refractivity contribution is 7.19. The predicted molar refractivity (Wildman–Crippen MR) is 107 cm³/mol. The van der Waals surface area contributed by atoms with E-state index in [9.17, 15) is 10.1 Å². The highest BCUT2D eigenvalue weighted by Crippen LogP contribution is 2.37. The number of halogens is 1. The molecule has 1 aromatic heterocycles. The van der Waals surface area contributed by atoms with E-state index in [0.29, 0.717) is 15.7 Å². The average molecular weight is 383 g/mol. The number of carbonyl (C=O) groups is 1. The van der Waals surface area contributed by atoms with Gasteiger partial charge < -0.3 is 16.4 Å². The number of benzene rings is 2. The van der Waals surface area contributed by atoms with E-state index in [-0.39, 0.29) is 22.0 Å². The second-order valence-electron chi connectivity index (χ2n) is 5.61. The second kappa shape index (κ2) is 7.48. The second-order valence-corrected chi connectivity index (χ2v) is 7.07. The van der Waals surface area contributed by atoms with Gasteiger partial charge in [-0.1, -0.05) is 29.3 Å². The average Bonchev–Trinajstić information content (AvgIpc) is 2.94. The molecular weight excluding hydrogens is 368 g/mol. The van der Waals surface area contributed by atoms with E-state index in [0.717, 1.165) is 22.6 Å². The van der Waals surface area contributed by atoms with Gasteiger partial charge in [-0.15, -0.1) is 11.3 Å². The SMILES string of the molecule is Cc1ccc(Nc2sc(C(=O)Nc3ccc(Cl)cc3)c(N)c2C#N)cc1. The monoisotopic (exact) mass is 382 g/mol. The third kappa shape index (κ3) is 3.80. The first-order chi connectivity index (χ1) is 12.5. The summed E-state index contributed by atoms with van der Waals surface area (Å²) in [4.78, 5) is 12.8. The Kier molecular flexibility index (Phi) is 5.12. The van der Waals surface area contributed by atoms with Crippen LogP contribution in [0.3, 0.4) is 0 Å². The Labute approximate surface area is 160 Å². The van der Waals surface area contributed by atoms with Crippen LogP contribution in [0.5, 0.6) is 0 Å². The molecule has 0 aliphatic heterocycles. The maximum Gasteiger partial charge on any atom is 0.267 e. The summed E-state index contributed by atoms with van der Waals surface area (Å²) in [6.45, 7) is 1.99. The molecule has 5 nitrogen and oxygen atoms in total. The van der Waals surface area contributed by atoms with Crippen LogP contribution in [0.25, 0.3) is 0 Å². The van der Waals surface area contributed by atoms with E-state index < -0.39 is 0 Å². The van der Waals surface area contributed by atoms with Crippen LogP contribution in [0.1, 0.15) is 20.8 Å². The van der Waals surface area contributed by atoms with E-state index in [1.54, 1.807) is 24.3 Å². The van der Waals surface area contributed by atoms with Gasteiger partial charge >= 0.3 is 0 Å². The molecule has 0 radical (unpaired) electrons. The Hall–Kier alpha value is -3.01. The number of nitriles is 1. The molecular formula is C19H15ClN4OS. The van der Waals surface area contributed by atoms with Crippen molar-refractivity contribution in [2.75, 3.05) is 16.4 Å². The summed E-state index contributed by atoms with van der Waals surface area (Å²) in [5.74, 6) is -0.372. The molecule has 0 aliphatic rings. The Morgan fingerprint density at radius 1 is 1.12 bits per heavy atom. The number of nitrogens with two attached hydrogens (primary N) is 1. The summed E-state index contributed by atoms with van der Waals surface area (Å²) < 4.78 is 0. The first-order valence-corrected chi connectivity index (χ1v) is 8.90. The van der Waals surface area contributed by atoms with Gasteiger partial charge in [0.1, 0.15) is 21.5 Å². The van der Waals surface area contributed by atoms with Gasteiger partial charge in [0.15, 0.2) is 0 Å². The lowest BCUT2D eigenvalue weighted by atomic mass is 10.2. The molecule has 0 atom stereocenters. The smallest absolute Gasteiger partial charge is 0.267 e. The summed E-state index contributed by atoms with van der Waals surface area (Å²) in [7, 11) is 0. The minimum absolute atomic E-state index is 0.165. The molecule has 0 spiro atoms. The van der Waals surface area contributed by atoms with Crippen molar-refractivity contribution in [3.63, 3.8) is 0 Å². The van der Waals surface area contributed by atoms with Crippen molar-refractivity contribution >= 4 is 50.9 Å². The molecule has 3 aromatic rings. The number of hydrogen-bond acceptors (Lipinski definition) is 5. The number of rotatable bonds is 4. The highest BCUT2D eigenvalue weighted by atomic mass is 35.5. The first-order valence-electron chi connectivity index (χ1n) is 7.71. The Bertz CT molecular complexity index is 988. The zero-order valence-corrected chi connectivity index (χ0v) is 15.4. The van der Waals surface area contributed by atoms with Gasteiger partial charge in [-0.3, -0.25) is 4.79 Å². The Morgan fingerprint density at radius 2 is 1.73 bits per heavy atom. The summed E-state index contributed by atoms with van der Waals surface area (Å²) in [5.41, 5.74) is 9.01. The maximum atomic E-state index is 12.5. The van der Waals surface area contributed by atoms with Gasteiger partial charge in [0.25, 0.3) is 5.91 Å². The quantitative estimate of drug-likeness (QED) is 0.581. The highest BCUT2D eigenvalue weighted by Gasteiger charge is 2.21. The van der Waals surface area contributed by atoms with Crippen LogP contribution >= 0.6 is 22.9 Å². The molecule has 4 N–H and O–H groups in total. The van der Waals surface area contributed by atoms with Crippen molar-refractivity contribution in [1.29, 1.82) is 5.26 Å². The van der Waals surface area contributed by atoms with Gasteiger partial charge in [0.05, 0.1) is 5.69 Å². The third-order valence-electron chi connectivity index (χ3n) is 3.67. The van der Waals surface area contributed by atoms with Crippen molar-refractivity contribution in [3.05, 3.63) is 69.6 Å². The predicted octanol–water partition coefficient (Wildman–Crippen LogP) is 5.16. The number of hydrogen-bond donors (Lipinski definition) is 3. The number of anilines is 4. The van der Waals surface area contributed by atoms with Crippen LogP contribution in [0.15, 0.2) is 48.5 Å². The van der Waals surface area contributed by atoms with Gasteiger partial charge in [-0.05, 0) is 43.3 Å². The molecule has 7 heteroatoms. The number of amides is 1. The minimum Gasteiger partial charge on any atom is -0.396 e. The number of nitrogens with one attached hydrogen (secondary N) is 2. The largest absolute Gasteiger partial charge is 0.396 e. The molecule has 1 heterocycles. The molecule has 0 bridgehead atoms. The molecule has 0 saturated heterocycles. The van der Waals surface area contributed by atoms with Gasteiger partial charge in [-0.25, -0.2) is 0 Å². The Balaban J connectivity index is 1.87. The van der Waals surface area contributed by atoms with Gasteiger partial charge in [0.2, 0.25) is 0 Å². The molecule has 0 unspecified atom stereocenters. The molecule has 1 amide bonds. The van der Waals surface area contributed by atoms with E-state index in [1.165, 1.54) is 0 Å².